The van der Waals surface area contributed by atoms with Crippen LogP contribution >= 0.6 is 0 Å². The van der Waals surface area contributed by atoms with E-state index in [4.69, 9.17) is 4.74 Å². The van der Waals surface area contributed by atoms with Crippen molar-refractivity contribution >= 4 is 17.4 Å². The number of carbonyl (C=O) groups excluding carboxylic acids is 2. The zero-order chi connectivity index (χ0) is 33.7. The highest BCUT2D eigenvalue weighted by Crippen LogP contribution is 2.53. The molecule has 0 aliphatic rings. The standard InChI is InChI=1S/C35H30F7NO3/c1-23-18-28(33(36,34(37,38)39)35(40,41)42)19-24(2)30(23)21-31(44)27-14-9-15-29(20-27)43(32(45)26-12-7-4-8-13-26)16-17-46-22-25-10-5-3-6-11-25/h3-15,18-20H,16-17,21-22H2,1-2H3. The molecular weight excluding hydrogens is 615 g/mol. The Hall–Kier alpha value is -4.51. The Balaban J connectivity index is 1.59. The molecule has 0 spiro atoms. The highest BCUT2D eigenvalue weighted by molar-refractivity contribution is 6.07. The van der Waals surface area contributed by atoms with Crippen LogP contribution in [0.25, 0.3) is 0 Å². The lowest BCUT2D eigenvalue weighted by Crippen LogP contribution is -2.50. The maximum atomic E-state index is 14.7. The van der Waals surface area contributed by atoms with Crippen LogP contribution in [0.5, 0.6) is 0 Å². The van der Waals surface area contributed by atoms with Crippen LogP contribution in [0.4, 0.5) is 36.4 Å². The van der Waals surface area contributed by atoms with E-state index in [0.29, 0.717) is 30.0 Å². The number of ether oxygens (including phenoxy) is 1. The largest absolute Gasteiger partial charge is 0.435 e. The predicted molar refractivity (Wildman–Crippen MR) is 160 cm³/mol. The van der Waals surface area contributed by atoms with Crippen LogP contribution in [0, 0.1) is 13.8 Å². The second kappa shape index (κ2) is 13.9. The van der Waals surface area contributed by atoms with Crippen LogP contribution in [0.15, 0.2) is 97.1 Å². The minimum Gasteiger partial charge on any atom is -0.375 e. The Bertz CT molecular complexity index is 1630. The van der Waals surface area contributed by atoms with Gasteiger partial charge in [0.25, 0.3) is 5.91 Å². The third-order valence-corrected chi connectivity index (χ3v) is 7.53. The molecule has 1 amide bonds. The molecule has 4 rings (SSSR count). The summed E-state index contributed by atoms with van der Waals surface area (Å²) in [4.78, 5) is 28.4. The van der Waals surface area contributed by atoms with E-state index in [2.05, 4.69) is 0 Å². The van der Waals surface area contributed by atoms with Gasteiger partial charge in [0, 0.05) is 35.3 Å². The maximum absolute atomic E-state index is 14.7. The quantitative estimate of drug-likeness (QED) is 0.0930. The first-order chi connectivity index (χ1) is 21.6. The van der Waals surface area contributed by atoms with Crippen LogP contribution in [-0.2, 0) is 23.4 Å². The molecule has 4 aromatic rings. The van der Waals surface area contributed by atoms with E-state index in [1.165, 1.54) is 30.9 Å². The molecule has 0 radical (unpaired) electrons. The second-order valence-corrected chi connectivity index (χ2v) is 10.8. The third-order valence-electron chi connectivity index (χ3n) is 7.53. The SMILES string of the molecule is Cc1cc(C(F)(C(F)(F)F)C(F)(F)F)cc(C)c1CC(=O)c1cccc(N(CCOCc2ccccc2)C(=O)c2ccccc2)c1. The van der Waals surface area contributed by atoms with E-state index < -0.39 is 29.4 Å². The molecule has 4 aromatic carbocycles. The molecule has 0 aliphatic carbocycles. The van der Waals surface area contributed by atoms with Gasteiger partial charge in [-0.25, -0.2) is 4.39 Å². The van der Waals surface area contributed by atoms with Gasteiger partial charge in [-0.05, 0) is 60.4 Å². The summed E-state index contributed by atoms with van der Waals surface area (Å²) in [5.74, 6) is -0.855. The van der Waals surface area contributed by atoms with Gasteiger partial charge in [-0.1, -0.05) is 72.8 Å². The lowest BCUT2D eigenvalue weighted by molar-refractivity contribution is -0.348. The van der Waals surface area contributed by atoms with Crippen LogP contribution in [0.1, 0.15) is 48.5 Å². The normalized spacial score (nSPS) is 12.2. The van der Waals surface area contributed by atoms with Gasteiger partial charge >= 0.3 is 18.0 Å². The lowest BCUT2D eigenvalue weighted by Gasteiger charge is -2.31. The first kappa shape index (κ1) is 34.4. The molecule has 0 saturated heterocycles. The summed E-state index contributed by atoms with van der Waals surface area (Å²) >= 11 is 0. The Morgan fingerprint density at radius 1 is 0.696 bits per heavy atom. The van der Waals surface area contributed by atoms with E-state index in [1.54, 1.807) is 42.5 Å². The molecule has 0 heterocycles. The van der Waals surface area contributed by atoms with Crippen molar-refractivity contribution in [3.8, 4) is 0 Å². The molecule has 0 saturated carbocycles. The summed E-state index contributed by atoms with van der Waals surface area (Å²) in [6, 6.07) is 25.0. The number of alkyl halides is 7. The van der Waals surface area contributed by atoms with Crippen molar-refractivity contribution < 1.29 is 45.1 Å². The monoisotopic (exact) mass is 645 g/mol. The van der Waals surface area contributed by atoms with Crippen molar-refractivity contribution in [2.75, 3.05) is 18.1 Å². The van der Waals surface area contributed by atoms with Gasteiger partial charge in [0.1, 0.15) is 0 Å². The molecule has 0 aromatic heterocycles. The molecule has 0 aliphatic heterocycles. The number of amides is 1. The van der Waals surface area contributed by atoms with Crippen LogP contribution in [0.3, 0.4) is 0 Å². The van der Waals surface area contributed by atoms with Gasteiger partial charge in [0.2, 0.25) is 0 Å². The fourth-order valence-electron chi connectivity index (χ4n) is 5.07. The first-order valence-electron chi connectivity index (χ1n) is 14.2. The van der Waals surface area contributed by atoms with Crippen molar-refractivity contribution in [3.63, 3.8) is 0 Å². The number of hydrogen-bond acceptors (Lipinski definition) is 3. The third kappa shape index (κ3) is 7.47. The highest BCUT2D eigenvalue weighted by Gasteiger charge is 2.73. The smallest absolute Gasteiger partial charge is 0.375 e. The molecule has 11 heteroatoms. The minimum absolute atomic E-state index is 0.105. The number of Topliss-reactive ketones (excluding diaryl/α,β-unsaturated/α-hetero) is 1. The summed E-state index contributed by atoms with van der Waals surface area (Å²) in [6.45, 7) is 3.07. The topological polar surface area (TPSA) is 46.6 Å². The predicted octanol–water partition coefficient (Wildman–Crippen LogP) is 8.88. The average Bonchev–Trinajstić information content (AvgIpc) is 3.01. The molecular formula is C35H30F7NO3. The molecule has 0 N–H and O–H groups in total. The van der Waals surface area contributed by atoms with Crippen LogP contribution < -0.4 is 4.90 Å². The molecule has 0 bridgehead atoms. The van der Waals surface area contributed by atoms with Crippen LogP contribution in [-0.4, -0.2) is 37.2 Å². The Morgan fingerprint density at radius 2 is 1.24 bits per heavy atom. The minimum atomic E-state index is -6.25. The number of hydrogen-bond donors (Lipinski definition) is 0. The van der Waals surface area contributed by atoms with E-state index >= 15 is 0 Å². The summed E-state index contributed by atoms with van der Waals surface area (Å²) in [5, 5.41) is 0. The molecule has 242 valence electrons. The van der Waals surface area contributed by atoms with Crippen molar-refractivity contribution in [3.05, 3.63) is 136 Å². The molecule has 4 nitrogen and oxygen atoms in total. The van der Waals surface area contributed by atoms with Gasteiger partial charge in [-0.3, -0.25) is 9.59 Å². The van der Waals surface area contributed by atoms with E-state index in [9.17, 15) is 40.3 Å². The Morgan fingerprint density at radius 3 is 1.80 bits per heavy atom. The number of rotatable bonds is 11. The first-order valence-corrected chi connectivity index (χ1v) is 14.2. The number of nitrogens with zero attached hydrogens (tertiary/aromatic N) is 1. The van der Waals surface area contributed by atoms with Gasteiger partial charge in [0.05, 0.1) is 13.2 Å². The molecule has 0 fully saturated rings. The van der Waals surface area contributed by atoms with Gasteiger partial charge in [-0.15, -0.1) is 0 Å². The summed E-state index contributed by atoms with van der Waals surface area (Å²) in [5.41, 5.74) is -5.35. The van der Waals surface area contributed by atoms with E-state index in [-0.39, 0.29) is 47.7 Å². The fourth-order valence-corrected chi connectivity index (χ4v) is 5.07. The number of aryl methyl sites for hydroxylation is 2. The average molecular weight is 646 g/mol. The summed E-state index contributed by atoms with van der Waals surface area (Å²) in [6.07, 6.45) is -12.9. The van der Waals surface area contributed by atoms with Gasteiger partial charge in [0.15, 0.2) is 5.78 Å². The summed E-state index contributed by atoms with van der Waals surface area (Å²) < 4.78 is 101. The lowest BCUT2D eigenvalue weighted by atomic mass is 9.87. The van der Waals surface area contributed by atoms with E-state index in [1.807, 2.05) is 30.3 Å². The van der Waals surface area contributed by atoms with E-state index in [0.717, 1.165) is 5.56 Å². The number of anilines is 1. The fraction of sp³-hybridized carbons (Fsp3) is 0.257. The number of benzene rings is 4. The zero-order valence-electron chi connectivity index (χ0n) is 24.9. The highest BCUT2D eigenvalue weighted by atomic mass is 19.4. The number of ketones is 1. The van der Waals surface area contributed by atoms with Gasteiger partial charge < -0.3 is 9.64 Å². The van der Waals surface area contributed by atoms with Crippen LogP contribution in [0.2, 0.25) is 0 Å². The zero-order valence-corrected chi connectivity index (χ0v) is 24.9. The Labute approximate surface area is 261 Å². The van der Waals surface area contributed by atoms with Crippen molar-refractivity contribution in [1.29, 1.82) is 0 Å². The van der Waals surface area contributed by atoms with Crippen molar-refractivity contribution in [2.24, 2.45) is 0 Å². The summed E-state index contributed by atoms with van der Waals surface area (Å²) in [7, 11) is 0. The number of halogens is 7. The van der Waals surface area contributed by atoms with Gasteiger partial charge in [-0.2, -0.15) is 26.3 Å². The van der Waals surface area contributed by atoms with Crippen molar-refractivity contribution in [2.45, 2.75) is 44.9 Å². The Kier molecular flexibility index (Phi) is 10.4. The number of carbonyl (C=O) groups is 2. The molecule has 0 unspecified atom stereocenters. The maximum Gasteiger partial charge on any atom is 0.435 e. The molecule has 0 atom stereocenters. The second-order valence-electron chi connectivity index (χ2n) is 10.8. The van der Waals surface area contributed by atoms with Crippen molar-refractivity contribution in [1.82, 2.24) is 0 Å². The molecule has 46 heavy (non-hydrogen) atoms.